The molecule has 0 unspecified atom stereocenters. The van der Waals surface area contributed by atoms with Gasteiger partial charge < -0.3 is 4.74 Å². The third-order valence-corrected chi connectivity index (χ3v) is 4.23. The number of hydrogen-bond acceptors (Lipinski definition) is 6. The second kappa shape index (κ2) is 17.3. The Labute approximate surface area is 194 Å². The second-order valence-corrected chi connectivity index (χ2v) is 6.56. The van der Waals surface area contributed by atoms with Gasteiger partial charge in [-0.3, -0.25) is 10.5 Å². The molecule has 33 heavy (non-hydrogen) atoms. The van der Waals surface area contributed by atoms with Gasteiger partial charge >= 0.3 is 5.97 Å². The highest BCUT2D eigenvalue weighted by atomic mass is 79.9. The van der Waals surface area contributed by atoms with Crippen LogP contribution in [0.2, 0.25) is 0 Å². The van der Waals surface area contributed by atoms with Gasteiger partial charge in [0.15, 0.2) is 0 Å². The molecular weight excluding hydrogens is 530 g/mol. The average molecular weight is 553 g/mol. The van der Waals surface area contributed by atoms with Crippen molar-refractivity contribution < 1.29 is 56.2 Å². The molecule has 0 radical (unpaired) electrons. The lowest BCUT2D eigenvalue weighted by Gasteiger charge is -2.09. The molecule has 0 amide bonds. The van der Waals surface area contributed by atoms with Crippen LogP contribution in [0.25, 0.3) is 0 Å². The van der Waals surface area contributed by atoms with E-state index in [4.69, 9.17) is 10.5 Å². The Hall–Kier alpha value is -2.19. The fourth-order valence-electron chi connectivity index (χ4n) is 2.08. The van der Waals surface area contributed by atoms with Crippen LogP contribution in [0.4, 0.5) is 26.3 Å². The Morgan fingerprint density at radius 1 is 0.818 bits per heavy atom. The van der Waals surface area contributed by atoms with Crippen LogP contribution in [0.3, 0.4) is 0 Å². The maximum atomic E-state index is 13.3. The zero-order valence-electron chi connectivity index (χ0n) is 18.1. The monoisotopic (exact) mass is 552 g/mol. The second-order valence-electron chi connectivity index (χ2n) is 5.71. The molecular formula is C20H23BrF6O6. The van der Waals surface area contributed by atoms with Gasteiger partial charge in [-0.25, -0.2) is 40.9 Å². The summed E-state index contributed by atoms with van der Waals surface area (Å²) in [5.74, 6) is -2.86. The standard InChI is InChI=1S/C10H9F3O2.C8H6BrF3.2CH4O2/c1-5-3-4-6(10(14)15-2)7(8(5)11)9(12)13;1-4-2-3-5(9)6(7(4)10)8(11)12;2*1-3-2/h3-4,9H,1-2H3;2-3,8H,1H3;2*2H,1H3. The molecule has 13 heteroatoms. The van der Waals surface area contributed by atoms with Gasteiger partial charge in [0.2, 0.25) is 0 Å². The molecule has 6 nitrogen and oxygen atoms in total. The number of ether oxygens (including phenoxy) is 1. The van der Waals surface area contributed by atoms with Crippen molar-refractivity contribution >= 4 is 21.9 Å². The molecule has 0 aliphatic carbocycles. The Bertz CT molecular complexity index is 865. The summed E-state index contributed by atoms with van der Waals surface area (Å²) in [6.45, 7) is 2.80. The van der Waals surface area contributed by atoms with Crippen molar-refractivity contribution in [3.8, 4) is 0 Å². The van der Waals surface area contributed by atoms with Gasteiger partial charge in [0, 0.05) is 4.47 Å². The maximum Gasteiger partial charge on any atom is 0.338 e. The highest BCUT2D eigenvalue weighted by molar-refractivity contribution is 9.10. The highest BCUT2D eigenvalue weighted by Gasteiger charge is 2.24. The van der Waals surface area contributed by atoms with Crippen LogP contribution < -0.4 is 0 Å². The summed E-state index contributed by atoms with van der Waals surface area (Å²) in [5, 5.41) is 14.1. The molecule has 0 aromatic heterocycles. The van der Waals surface area contributed by atoms with Crippen molar-refractivity contribution in [2.75, 3.05) is 21.3 Å². The van der Waals surface area contributed by atoms with Crippen LogP contribution in [-0.4, -0.2) is 37.8 Å². The van der Waals surface area contributed by atoms with Crippen molar-refractivity contribution in [1.29, 1.82) is 0 Å². The Kier molecular flexibility index (Phi) is 17.3. The first-order valence-electron chi connectivity index (χ1n) is 8.59. The van der Waals surface area contributed by atoms with E-state index in [1.807, 2.05) is 0 Å². The molecule has 0 aliphatic rings. The number of benzene rings is 2. The molecule has 0 fully saturated rings. The van der Waals surface area contributed by atoms with Crippen LogP contribution in [0, 0.1) is 25.5 Å². The number of esters is 1. The number of carbonyl (C=O) groups excluding carboxylic acids is 1. The third-order valence-electron chi connectivity index (χ3n) is 3.53. The lowest BCUT2D eigenvalue weighted by atomic mass is 10.0. The summed E-state index contributed by atoms with van der Waals surface area (Å²) in [5.41, 5.74) is -1.60. The first kappa shape index (κ1) is 33.0. The number of alkyl halides is 4. The zero-order valence-corrected chi connectivity index (χ0v) is 19.7. The number of methoxy groups -OCH3 is 1. The van der Waals surface area contributed by atoms with Crippen LogP contribution in [0.5, 0.6) is 0 Å². The molecule has 2 N–H and O–H groups in total. The van der Waals surface area contributed by atoms with E-state index < -0.39 is 47.1 Å². The van der Waals surface area contributed by atoms with E-state index in [1.165, 1.54) is 46.3 Å². The van der Waals surface area contributed by atoms with Gasteiger partial charge in [-0.1, -0.05) is 28.1 Å². The predicted molar refractivity (Wildman–Crippen MR) is 111 cm³/mol. The van der Waals surface area contributed by atoms with E-state index in [-0.39, 0.29) is 15.6 Å². The largest absolute Gasteiger partial charge is 0.465 e. The van der Waals surface area contributed by atoms with E-state index in [0.29, 0.717) is 0 Å². The maximum absolute atomic E-state index is 13.3. The predicted octanol–water partition coefficient (Wildman–Crippen LogP) is 6.90. The molecule has 0 atom stereocenters. The molecule has 0 bridgehead atoms. The fourth-order valence-corrected chi connectivity index (χ4v) is 2.56. The van der Waals surface area contributed by atoms with E-state index in [9.17, 15) is 31.1 Å². The zero-order chi connectivity index (χ0) is 26.3. The molecule has 188 valence electrons. The summed E-state index contributed by atoms with van der Waals surface area (Å²) < 4.78 is 80.2. The minimum absolute atomic E-state index is 0.0675. The number of aryl methyl sites for hydroxylation is 2. The summed E-state index contributed by atoms with van der Waals surface area (Å²) in [6, 6.07) is 5.25. The van der Waals surface area contributed by atoms with Crippen molar-refractivity contribution in [2.24, 2.45) is 0 Å². The van der Waals surface area contributed by atoms with Gasteiger partial charge in [-0.15, -0.1) is 0 Å². The van der Waals surface area contributed by atoms with Gasteiger partial charge in [-0.2, -0.15) is 0 Å². The van der Waals surface area contributed by atoms with Crippen molar-refractivity contribution in [2.45, 2.75) is 26.7 Å². The number of carbonyl (C=O) groups is 1. The lowest BCUT2D eigenvalue weighted by molar-refractivity contribution is -0.215. The summed E-state index contributed by atoms with van der Waals surface area (Å²) in [6.07, 6.45) is -5.82. The van der Waals surface area contributed by atoms with Gasteiger partial charge in [-0.05, 0) is 37.1 Å². The SMILES string of the molecule is COC(=O)c1ccc(C)c(F)c1C(F)F.COO.COO.Cc1ccc(Br)c(C(F)F)c1F. The van der Waals surface area contributed by atoms with Crippen molar-refractivity contribution in [3.05, 3.63) is 68.2 Å². The van der Waals surface area contributed by atoms with E-state index in [0.717, 1.165) is 13.2 Å². The summed E-state index contributed by atoms with van der Waals surface area (Å²) in [7, 11) is 3.41. The molecule has 0 spiro atoms. The Balaban J connectivity index is 0. The number of halogens is 7. The molecule has 0 saturated carbocycles. The van der Waals surface area contributed by atoms with Gasteiger partial charge in [0.25, 0.3) is 12.9 Å². The molecule has 0 heterocycles. The van der Waals surface area contributed by atoms with E-state index >= 15 is 0 Å². The van der Waals surface area contributed by atoms with Crippen LogP contribution in [-0.2, 0) is 14.5 Å². The van der Waals surface area contributed by atoms with Crippen LogP contribution >= 0.6 is 15.9 Å². The molecule has 0 aliphatic heterocycles. The molecule has 2 aromatic rings. The third kappa shape index (κ3) is 11.0. The number of hydrogen-bond donors (Lipinski definition) is 2. The summed E-state index contributed by atoms with van der Waals surface area (Å²) >= 11 is 2.86. The smallest absolute Gasteiger partial charge is 0.338 e. The van der Waals surface area contributed by atoms with Crippen molar-refractivity contribution in [1.82, 2.24) is 0 Å². The Morgan fingerprint density at radius 2 is 1.18 bits per heavy atom. The minimum atomic E-state index is -3.04. The molecule has 2 aromatic carbocycles. The van der Waals surface area contributed by atoms with Crippen molar-refractivity contribution in [3.63, 3.8) is 0 Å². The number of rotatable bonds is 3. The molecule has 0 saturated heterocycles. The fraction of sp³-hybridized carbons (Fsp3) is 0.350. The van der Waals surface area contributed by atoms with Gasteiger partial charge in [0.1, 0.15) is 11.6 Å². The molecule has 2 rings (SSSR count). The first-order chi connectivity index (χ1) is 15.4. The normalized spacial score (nSPS) is 9.82. The minimum Gasteiger partial charge on any atom is -0.465 e. The highest BCUT2D eigenvalue weighted by Crippen LogP contribution is 2.31. The van der Waals surface area contributed by atoms with Gasteiger partial charge in [0.05, 0.1) is 38.0 Å². The topological polar surface area (TPSA) is 85.2 Å². The van der Waals surface area contributed by atoms with Crippen LogP contribution in [0.1, 0.15) is 45.5 Å². The Morgan fingerprint density at radius 3 is 1.52 bits per heavy atom. The van der Waals surface area contributed by atoms with E-state index in [1.54, 1.807) is 0 Å². The summed E-state index contributed by atoms with van der Waals surface area (Å²) in [4.78, 5) is 17.6. The lowest BCUT2D eigenvalue weighted by Crippen LogP contribution is -2.09. The average Bonchev–Trinajstić information content (AvgIpc) is 2.73. The quantitative estimate of drug-likeness (QED) is 0.186. The first-order valence-corrected chi connectivity index (χ1v) is 9.38. The van der Waals surface area contributed by atoms with E-state index in [2.05, 4.69) is 30.4 Å². The van der Waals surface area contributed by atoms with Crippen LogP contribution in [0.15, 0.2) is 28.7 Å².